The molecule has 2 amide bonds. The molecular formula is C17H21N3O2. The summed E-state index contributed by atoms with van der Waals surface area (Å²) in [5, 5.41) is 5.58. The minimum Gasteiger partial charge on any atom is -0.497 e. The lowest BCUT2D eigenvalue weighted by Crippen LogP contribution is -2.30. The van der Waals surface area contributed by atoms with Crippen LogP contribution in [0, 0.1) is 6.92 Å². The molecule has 0 aliphatic carbocycles. The Kier molecular flexibility index (Phi) is 5.25. The Labute approximate surface area is 130 Å². The third-order valence-corrected chi connectivity index (χ3v) is 3.32. The summed E-state index contributed by atoms with van der Waals surface area (Å²) < 4.78 is 5.11. The van der Waals surface area contributed by atoms with E-state index in [1.54, 1.807) is 13.2 Å². The Morgan fingerprint density at radius 1 is 1.18 bits per heavy atom. The van der Waals surface area contributed by atoms with Gasteiger partial charge in [0.15, 0.2) is 0 Å². The van der Waals surface area contributed by atoms with E-state index in [4.69, 9.17) is 10.5 Å². The molecule has 5 heteroatoms. The Hall–Kier alpha value is -2.69. The van der Waals surface area contributed by atoms with Crippen LogP contribution in [0.4, 0.5) is 16.2 Å². The quantitative estimate of drug-likeness (QED) is 0.743. The summed E-state index contributed by atoms with van der Waals surface area (Å²) in [6.07, 6.45) is 0.751. The first-order valence-corrected chi connectivity index (χ1v) is 7.12. The van der Waals surface area contributed by atoms with Gasteiger partial charge >= 0.3 is 6.03 Å². The van der Waals surface area contributed by atoms with E-state index in [1.165, 1.54) is 0 Å². The molecule has 0 saturated carbocycles. The Balaban J connectivity index is 1.81. The van der Waals surface area contributed by atoms with Crippen molar-refractivity contribution in [2.75, 3.05) is 24.7 Å². The van der Waals surface area contributed by atoms with Crippen molar-refractivity contribution in [3.8, 4) is 5.75 Å². The van der Waals surface area contributed by atoms with Gasteiger partial charge in [-0.15, -0.1) is 0 Å². The summed E-state index contributed by atoms with van der Waals surface area (Å²) in [5.41, 5.74) is 9.19. The summed E-state index contributed by atoms with van der Waals surface area (Å²) in [6.45, 7) is 2.50. The van der Waals surface area contributed by atoms with Crippen molar-refractivity contribution in [2.24, 2.45) is 0 Å². The van der Waals surface area contributed by atoms with Crippen LogP contribution in [0.2, 0.25) is 0 Å². The molecule has 0 heterocycles. The minimum absolute atomic E-state index is 0.259. The molecule has 0 saturated heterocycles. The van der Waals surface area contributed by atoms with E-state index in [-0.39, 0.29) is 6.03 Å². The molecule has 0 aromatic heterocycles. The summed E-state index contributed by atoms with van der Waals surface area (Å²) in [4.78, 5) is 11.9. The Bertz CT molecular complexity index is 639. The van der Waals surface area contributed by atoms with Crippen molar-refractivity contribution in [3.05, 3.63) is 53.6 Å². The number of ether oxygens (including phenoxy) is 1. The van der Waals surface area contributed by atoms with E-state index < -0.39 is 0 Å². The number of hydrogen-bond donors (Lipinski definition) is 3. The van der Waals surface area contributed by atoms with Crippen LogP contribution in [-0.4, -0.2) is 19.7 Å². The van der Waals surface area contributed by atoms with Gasteiger partial charge < -0.3 is 21.1 Å². The molecule has 116 valence electrons. The van der Waals surface area contributed by atoms with Crippen molar-refractivity contribution < 1.29 is 9.53 Å². The molecule has 22 heavy (non-hydrogen) atoms. The van der Waals surface area contributed by atoms with Crippen LogP contribution in [0.1, 0.15) is 11.1 Å². The number of nitrogen functional groups attached to an aromatic ring is 1. The standard InChI is InChI=1S/C17H21N3O2/c1-12-3-8-15(18)16(11-12)20-17(21)19-10-9-13-4-6-14(22-2)7-5-13/h3-8,11H,9-10,18H2,1-2H3,(H2,19,20,21). The monoisotopic (exact) mass is 299 g/mol. The summed E-state index contributed by atoms with van der Waals surface area (Å²) in [6, 6.07) is 13.0. The number of methoxy groups -OCH3 is 1. The van der Waals surface area contributed by atoms with E-state index >= 15 is 0 Å². The molecule has 2 aromatic carbocycles. The zero-order valence-corrected chi connectivity index (χ0v) is 12.8. The number of benzene rings is 2. The maximum Gasteiger partial charge on any atom is 0.319 e. The lowest BCUT2D eigenvalue weighted by Gasteiger charge is -2.10. The SMILES string of the molecule is COc1ccc(CCNC(=O)Nc2cc(C)ccc2N)cc1. The van der Waals surface area contributed by atoms with E-state index in [0.29, 0.717) is 17.9 Å². The molecule has 0 fully saturated rings. The third-order valence-electron chi connectivity index (χ3n) is 3.32. The molecular weight excluding hydrogens is 278 g/mol. The van der Waals surface area contributed by atoms with Crippen molar-refractivity contribution in [2.45, 2.75) is 13.3 Å². The number of amides is 2. The van der Waals surface area contributed by atoms with E-state index in [2.05, 4.69) is 10.6 Å². The van der Waals surface area contributed by atoms with E-state index in [9.17, 15) is 4.79 Å². The number of rotatable bonds is 5. The second-order valence-electron chi connectivity index (χ2n) is 5.07. The zero-order valence-electron chi connectivity index (χ0n) is 12.8. The van der Waals surface area contributed by atoms with Gasteiger partial charge in [0.2, 0.25) is 0 Å². The second-order valence-corrected chi connectivity index (χ2v) is 5.07. The first kappa shape index (κ1) is 15.7. The minimum atomic E-state index is -0.259. The Morgan fingerprint density at radius 3 is 2.59 bits per heavy atom. The molecule has 0 bridgehead atoms. The highest BCUT2D eigenvalue weighted by atomic mass is 16.5. The smallest absolute Gasteiger partial charge is 0.319 e. The van der Waals surface area contributed by atoms with Gasteiger partial charge in [-0.1, -0.05) is 18.2 Å². The lowest BCUT2D eigenvalue weighted by atomic mass is 10.1. The van der Waals surface area contributed by atoms with Gasteiger partial charge in [-0.25, -0.2) is 4.79 Å². The van der Waals surface area contributed by atoms with Crippen LogP contribution in [-0.2, 0) is 6.42 Å². The molecule has 0 atom stereocenters. The molecule has 0 spiro atoms. The summed E-state index contributed by atoms with van der Waals surface area (Å²) >= 11 is 0. The lowest BCUT2D eigenvalue weighted by molar-refractivity contribution is 0.252. The topological polar surface area (TPSA) is 76.4 Å². The van der Waals surface area contributed by atoms with Gasteiger partial charge in [0.05, 0.1) is 18.5 Å². The maximum atomic E-state index is 11.9. The highest BCUT2D eigenvalue weighted by Crippen LogP contribution is 2.19. The van der Waals surface area contributed by atoms with Crippen LogP contribution in [0.25, 0.3) is 0 Å². The molecule has 2 rings (SSSR count). The molecule has 4 N–H and O–H groups in total. The van der Waals surface area contributed by atoms with Crippen LogP contribution in [0.15, 0.2) is 42.5 Å². The van der Waals surface area contributed by atoms with Crippen LogP contribution in [0.3, 0.4) is 0 Å². The van der Waals surface area contributed by atoms with Crippen LogP contribution in [0.5, 0.6) is 5.75 Å². The predicted octanol–water partition coefficient (Wildman–Crippen LogP) is 2.95. The largest absolute Gasteiger partial charge is 0.497 e. The van der Waals surface area contributed by atoms with Crippen molar-refractivity contribution in [1.82, 2.24) is 5.32 Å². The third kappa shape index (κ3) is 4.41. The average Bonchev–Trinajstić information content (AvgIpc) is 2.51. The second kappa shape index (κ2) is 7.36. The van der Waals surface area contributed by atoms with E-state index in [0.717, 1.165) is 23.3 Å². The van der Waals surface area contributed by atoms with Gasteiger partial charge in [0, 0.05) is 6.54 Å². The van der Waals surface area contributed by atoms with Gasteiger partial charge in [-0.05, 0) is 48.7 Å². The summed E-state index contributed by atoms with van der Waals surface area (Å²) in [7, 11) is 1.64. The molecule has 0 aliphatic heterocycles. The van der Waals surface area contributed by atoms with Crippen molar-refractivity contribution >= 4 is 17.4 Å². The summed E-state index contributed by atoms with van der Waals surface area (Å²) in [5.74, 6) is 0.823. The number of carbonyl (C=O) groups is 1. The number of nitrogens with one attached hydrogen (secondary N) is 2. The molecule has 0 unspecified atom stereocenters. The maximum absolute atomic E-state index is 11.9. The first-order valence-electron chi connectivity index (χ1n) is 7.12. The van der Waals surface area contributed by atoms with Crippen molar-refractivity contribution in [1.29, 1.82) is 0 Å². The fraction of sp³-hybridized carbons (Fsp3) is 0.235. The van der Waals surface area contributed by atoms with Crippen LogP contribution >= 0.6 is 0 Å². The fourth-order valence-corrected chi connectivity index (χ4v) is 2.06. The molecule has 5 nitrogen and oxygen atoms in total. The zero-order chi connectivity index (χ0) is 15.9. The van der Waals surface area contributed by atoms with Crippen molar-refractivity contribution in [3.63, 3.8) is 0 Å². The number of carbonyl (C=O) groups excluding carboxylic acids is 1. The fourth-order valence-electron chi connectivity index (χ4n) is 2.06. The number of nitrogens with two attached hydrogens (primary N) is 1. The number of aryl methyl sites for hydroxylation is 1. The highest BCUT2D eigenvalue weighted by molar-refractivity contribution is 5.92. The molecule has 0 radical (unpaired) electrons. The first-order chi connectivity index (χ1) is 10.6. The van der Waals surface area contributed by atoms with Gasteiger partial charge in [0.1, 0.15) is 5.75 Å². The molecule has 0 aliphatic rings. The number of urea groups is 1. The normalized spacial score (nSPS) is 10.1. The van der Waals surface area contributed by atoms with Gasteiger partial charge in [0.25, 0.3) is 0 Å². The van der Waals surface area contributed by atoms with E-state index in [1.807, 2.05) is 43.3 Å². The number of anilines is 2. The number of hydrogen-bond acceptors (Lipinski definition) is 3. The average molecular weight is 299 g/mol. The molecule has 2 aromatic rings. The predicted molar refractivity (Wildman–Crippen MR) is 89.3 cm³/mol. The van der Waals surface area contributed by atoms with Gasteiger partial charge in [-0.2, -0.15) is 0 Å². The highest BCUT2D eigenvalue weighted by Gasteiger charge is 2.05. The van der Waals surface area contributed by atoms with Gasteiger partial charge in [-0.3, -0.25) is 0 Å². The van der Waals surface area contributed by atoms with Crippen LogP contribution < -0.4 is 21.1 Å². The Morgan fingerprint density at radius 2 is 1.91 bits per heavy atom.